The van der Waals surface area contributed by atoms with Gasteiger partial charge in [0.25, 0.3) is 0 Å². The highest BCUT2D eigenvalue weighted by molar-refractivity contribution is 5.98. The summed E-state index contributed by atoms with van der Waals surface area (Å²) >= 11 is 0. The maximum atomic E-state index is 14.3. The quantitative estimate of drug-likeness (QED) is 0.288. The van der Waals surface area contributed by atoms with Gasteiger partial charge < -0.3 is 20.1 Å². The Labute approximate surface area is 235 Å². The fourth-order valence-electron chi connectivity index (χ4n) is 5.53. The first kappa shape index (κ1) is 26.0. The number of pyridine rings is 1. The zero-order valence-corrected chi connectivity index (χ0v) is 22.7. The maximum absolute atomic E-state index is 14.3. The standard InChI is InChI=1S/C31H27FN8O/c1-18(40-31-27(30(34)35-17-36-31)28(37-40)21-12-22(32)14-23(41)13-21)26-24(15-33)25-9-4-5-10-39(25)29(26)20-8-6-7-19(11-20)16-38(2)3/h4-14,17-18,41H,16H2,1-3H3,(H2,34,35,36). The van der Waals surface area contributed by atoms with Crippen LogP contribution in [0, 0.1) is 17.1 Å². The zero-order chi connectivity index (χ0) is 28.8. The number of nitrogens with two attached hydrogens (primary N) is 1. The zero-order valence-electron chi connectivity index (χ0n) is 22.7. The van der Waals surface area contributed by atoms with E-state index < -0.39 is 11.9 Å². The number of fused-ring (bicyclic) bond motifs is 2. The fourth-order valence-corrected chi connectivity index (χ4v) is 5.53. The Bertz CT molecular complexity index is 1960. The van der Waals surface area contributed by atoms with E-state index in [2.05, 4.69) is 33.1 Å². The topological polar surface area (TPSA) is 121 Å². The minimum atomic E-state index is -0.614. The second kappa shape index (κ2) is 10.0. The minimum absolute atomic E-state index is 0.173. The normalized spacial score (nSPS) is 12.3. The van der Waals surface area contributed by atoms with Crippen LogP contribution in [0.2, 0.25) is 0 Å². The SMILES string of the molecule is CC(c1c(C#N)c2ccccn2c1-c1cccc(CN(C)C)c1)n1nc(-c2cc(O)cc(F)c2)c2c(N)ncnc21. The monoisotopic (exact) mass is 546 g/mol. The number of hydrogen-bond acceptors (Lipinski definition) is 7. The number of halogens is 1. The van der Waals surface area contributed by atoms with Crippen LogP contribution in [0.1, 0.15) is 29.7 Å². The van der Waals surface area contributed by atoms with Crippen molar-refractivity contribution in [1.82, 2.24) is 29.0 Å². The van der Waals surface area contributed by atoms with Gasteiger partial charge >= 0.3 is 0 Å². The predicted octanol–water partition coefficient (Wildman–Crippen LogP) is 5.38. The molecular formula is C31H27FN8O. The van der Waals surface area contributed by atoms with Crippen LogP contribution in [-0.2, 0) is 6.54 Å². The number of aromatic hydroxyl groups is 1. The van der Waals surface area contributed by atoms with E-state index in [0.29, 0.717) is 27.9 Å². The molecule has 4 heterocycles. The first-order chi connectivity index (χ1) is 19.8. The third kappa shape index (κ3) is 4.42. The van der Waals surface area contributed by atoms with Crippen LogP contribution in [0.3, 0.4) is 0 Å². The van der Waals surface area contributed by atoms with Crippen molar-refractivity contribution in [2.45, 2.75) is 19.5 Å². The molecule has 0 fully saturated rings. The van der Waals surface area contributed by atoms with Crippen molar-refractivity contribution >= 4 is 22.4 Å². The van der Waals surface area contributed by atoms with Crippen molar-refractivity contribution in [2.24, 2.45) is 0 Å². The van der Waals surface area contributed by atoms with Gasteiger partial charge in [-0.3, -0.25) is 0 Å². The molecular weight excluding hydrogens is 519 g/mol. The van der Waals surface area contributed by atoms with Crippen LogP contribution in [0.15, 0.2) is 73.2 Å². The number of rotatable bonds is 6. The number of aromatic nitrogens is 5. The summed E-state index contributed by atoms with van der Waals surface area (Å²) in [7, 11) is 4.04. The fraction of sp³-hybridized carbons (Fsp3) is 0.161. The van der Waals surface area contributed by atoms with Gasteiger partial charge in [-0.15, -0.1) is 0 Å². The number of anilines is 1. The Morgan fingerprint density at radius 1 is 1.07 bits per heavy atom. The summed E-state index contributed by atoms with van der Waals surface area (Å²) < 4.78 is 18.0. The first-order valence-corrected chi connectivity index (χ1v) is 13.0. The Kier molecular flexibility index (Phi) is 6.36. The number of phenolic OH excluding ortho intramolecular Hbond substituents is 1. The van der Waals surface area contributed by atoms with Gasteiger partial charge in [-0.05, 0) is 62.5 Å². The summed E-state index contributed by atoms with van der Waals surface area (Å²) in [6, 6.07) is 19.7. The molecule has 9 nitrogen and oxygen atoms in total. The average molecular weight is 547 g/mol. The number of nitriles is 1. The van der Waals surface area contributed by atoms with Gasteiger partial charge in [0, 0.05) is 29.9 Å². The number of benzene rings is 2. The first-order valence-electron chi connectivity index (χ1n) is 13.0. The van der Waals surface area contributed by atoms with E-state index in [9.17, 15) is 14.8 Å². The van der Waals surface area contributed by atoms with Gasteiger partial charge in [-0.2, -0.15) is 10.4 Å². The van der Waals surface area contributed by atoms with Crippen LogP contribution in [0.5, 0.6) is 5.75 Å². The third-order valence-electron chi connectivity index (χ3n) is 7.15. The largest absolute Gasteiger partial charge is 0.508 e. The number of nitrogens with zero attached hydrogens (tertiary/aromatic N) is 7. The van der Waals surface area contributed by atoms with Crippen LogP contribution in [-0.4, -0.2) is 48.3 Å². The molecule has 0 bridgehead atoms. The van der Waals surface area contributed by atoms with Gasteiger partial charge in [0.15, 0.2) is 5.65 Å². The molecule has 1 unspecified atom stereocenters. The Morgan fingerprint density at radius 2 is 1.90 bits per heavy atom. The van der Waals surface area contributed by atoms with Gasteiger partial charge in [-0.25, -0.2) is 19.0 Å². The summed E-state index contributed by atoms with van der Waals surface area (Å²) in [5.74, 6) is -0.681. The molecule has 6 aromatic rings. The van der Waals surface area contributed by atoms with Gasteiger partial charge in [-0.1, -0.05) is 24.3 Å². The van der Waals surface area contributed by atoms with Gasteiger partial charge in [0.1, 0.15) is 35.5 Å². The molecule has 10 heteroatoms. The summed E-state index contributed by atoms with van der Waals surface area (Å²) in [5, 5.41) is 25.8. The lowest BCUT2D eigenvalue weighted by Crippen LogP contribution is -2.12. The van der Waals surface area contributed by atoms with Crippen molar-refractivity contribution in [3.8, 4) is 34.3 Å². The molecule has 2 aromatic carbocycles. The smallest absolute Gasteiger partial charge is 0.164 e. The molecule has 3 N–H and O–H groups in total. The second-order valence-corrected chi connectivity index (χ2v) is 10.3. The van der Waals surface area contributed by atoms with Crippen LogP contribution in [0.4, 0.5) is 10.2 Å². The lowest BCUT2D eigenvalue weighted by Gasteiger charge is -2.17. The highest BCUT2D eigenvalue weighted by Crippen LogP contribution is 2.40. The highest BCUT2D eigenvalue weighted by Gasteiger charge is 2.28. The third-order valence-corrected chi connectivity index (χ3v) is 7.15. The minimum Gasteiger partial charge on any atom is -0.508 e. The number of phenols is 1. The molecule has 6 rings (SSSR count). The van der Waals surface area contributed by atoms with E-state index in [4.69, 9.17) is 10.8 Å². The molecule has 204 valence electrons. The van der Waals surface area contributed by atoms with E-state index in [0.717, 1.165) is 40.5 Å². The van der Waals surface area contributed by atoms with Crippen LogP contribution >= 0.6 is 0 Å². The Hall–Kier alpha value is -5.27. The molecule has 0 aliphatic carbocycles. The molecule has 0 radical (unpaired) electrons. The lowest BCUT2D eigenvalue weighted by molar-refractivity contribution is 0.402. The molecule has 0 aliphatic rings. The van der Waals surface area contributed by atoms with E-state index in [-0.39, 0.29) is 11.6 Å². The van der Waals surface area contributed by atoms with E-state index >= 15 is 0 Å². The predicted molar refractivity (Wildman–Crippen MR) is 156 cm³/mol. The Morgan fingerprint density at radius 3 is 2.66 bits per heavy atom. The molecule has 0 aliphatic heterocycles. The molecule has 1 atom stereocenters. The number of hydrogen-bond donors (Lipinski definition) is 2. The van der Waals surface area contributed by atoms with Gasteiger partial charge in [0.2, 0.25) is 0 Å². The Balaban J connectivity index is 1.64. The van der Waals surface area contributed by atoms with E-state index in [1.807, 2.05) is 61.9 Å². The second-order valence-electron chi connectivity index (χ2n) is 10.3. The highest BCUT2D eigenvalue weighted by atomic mass is 19.1. The molecule has 0 amide bonds. The summed E-state index contributed by atoms with van der Waals surface area (Å²) in [4.78, 5) is 10.7. The van der Waals surface area contributed by atoms with Crippen LogP contribution in [0.25, 0.3) is 39.1 Å². The molecule has 0 saturated carbocycles. The molecule has 41 heavy (non-hydrogen) atoms. The number of nitrogen functional groups attached to an aromatic ring is 1. The summed E-state index contributed by atoms with van der Waals surface area (Å²) in [6.45, 7) is 2.71. The summed E-state index contributed by atoms with van der Waals surface area (Å²) in [5.41, 5.74) is 12.4. The molecule has 0 saturated heterocycles. The molecule has 0 spiro atoms. The van der Waals surface area contributed by atoms with Crippen molar-refractivity contribution < 1.29 is 9.50 Å². The van der Waals surface area contributed by atoms with E-state index in [1.165, 1.54) is 18.5 Å². The van der Waals surface area contributed by atoms with E-state index in [1.54, 1.807) is 4.68 Å². The van der Waals surface area contributed by atoms with Gasteiger partial charge in [0.05, 0.1) is 28.2 Å². The summed E-state index contributed by atoms with van der Waals surface area (Å²) in [6.07, 6.45) is 3.30. The maximum Gasteiger partial charge on any atom is 0.164 e. The van der Waals surface area contributed by atoms with Crippen molar-refractivity contribution in [2.75, 3.05) is 19.8 Å². The van der Waals surface area contributed by atoms with Crippen molar-refractivity contribution in [3.63, 3.8) is 0 Å². The lowest BCUT2D eigenvalue weighted by atomic mass is 9.98. The van der Waals surface area contributed by atoms with Crippen molar-refractivity contribution in [3.05, 3.63) is 95.7 Å². The van der Waals surface area contributed by atoms with Crippen LogP contribution < -0.4 is 5.73 Å². The van der Waals surface area contributed by atoms with Crippen molar-refractivity contribution in [1.29, 1.82) is 5.26 Å². The average Bonchev–Trinajstić information content (AvgIpc) is 3.49. The molecule has 4 aromatic heterocycles.